The van der Waals surface area contributed by atoms with Crippen molar-refractivity contribution in [1.82, 2.24) is 25.5 Å². The summed E-state index contributed by atoms with van der Waals surface area (Å²) in [4.78, 5) is 58.1. The topological polar surface area (TPSA) is 171 Å². The van der Waals surface area contributed by atoms with Crippen LogP contribution < -0.4 is 16.4 Å². The average molecular weight is 437 g/mol. The lowest BCUT2D eigenvalue weighted by molar-refractivity contribution is -0.150. The summed E-state index contributed by atoms with van der Waals surface area (Å²) in [5, 5.41) is 14.8. The lowest BCUT2D eigenvalue weighted by Gasteiger charge is -2.31. The largest absolute Gasteiger partial charge is 0.480 e. The normalized spacial score (nSPS) is 19.9. The van der Waals surface area contributed by atoms with Crippen molar-refractivity contribution in [2.45, 2.75) is 70.6 Å². The maximum atomic E-state index is 13.2. The number of hydrogen-bond donors (Lipinski definition) is 5. The number of carboxylic acid groups (broad SMARTS) is 1. The van der Waals surface area contributed by atoms with Crippen molar-refractivity contribution in [3.63, 3.8) is 0 Å². The van der Waals surface area contributed by atoms with E-state index in [1.165, 1.54) is 24.3 Å². The number of likely N-dealkylation sites (tertiary alicyclic amines) is 1. The van der Waals surface area contributed by atoms with Gasteiger partial charge in [0.15, 0.2) is 0 Å². The second-order valence-corrected chi connectivity index (χ2v) is 8.03. The van der Waals surface area contributed by atoms with Gasteiger partial charge in [-0.05, 0) is 25.7 Å². The van der Waals surface area contributed by atoms with Crippen LogP contribution in [0, 0.1) is 5.92 Å². The predicted octanol–water partition coefficient (Wildman–Crippen LogP) is -0.609. The summed E-state index contributed by atoms with van der Waals surface area (Å²) < 4.78 is 0. The fourth-order valence-corrected chi connectivity index (χ4v) is 3.53. The van der Waals surface area contributed by atoms with Crippen LogP contribution in [-0.2, 0) is 25.6 Å². The Hall–Kier alpha value is -2.95. The van der Waals surface area contributed by atoms with Gasteiger partial charge in [-0.15, -0.1) is 0 Å². The first-order valence-electron chi connectivity index (χ1n) is 10.5. The first-order chi connectivity index (χ1) is 14.6. The molecule has 11 heteroatoms. The Labute approximate surface area is 181 Å². The van der Waals surface area contributed by atoms with Gasteiger partial charge in [0.25, 0.3) is 0 Å². The van der Waals surface area contributed by atoms with Crippen molar-refractivity contribution in [1.29, 1.82) is 0 Å². The van der Waals surface area contributed by atoms with Crippen LogP contribution in [0.25, 0.3) is 0 Å². The molecule has 0 aromatic carbocycles. The molecule has 0 bridgehead atoms. The third-order valence-corrected chi connectivity index (χ3v) is 5.62. The highest BCUT2D eigenvalue weighted by Crippen LogP contribution is 2.21. The first kappa shape index (κ1) is 24.3. The zero-order valence-electron chi connectivity index (χ0n) is 18.1. The monoisotopic (exact) mass is 436 g/mol. The van der Waals surface area contributed by atoms with Crippen molar-refractivity contribution < 1.29 is 24.3 Å². The Morgan fingerprint density at radius 3 is 2.55 bits per heavy atom. The summed E-state index contributed by atoms with van der Waals surface area (Å²) in [7, 11) is 0. The first-order valence-corrected chi connectivity index (χ1v) is 10.5. The van der Waals surface area contributed by atoms with Crippen molar-refractivity contribution in [3.8, 4) is 0 Å². The molecule has 1 aliphatic rings. The number of amides is 3. The summed E-state index contributed by atoms with van der Waals surface area (Å²) in [6.45, 7) is 5.54. The van der Waals surface area contributed by atoms with E-state index in [-0.39, 0.29) is 12.3 Å². The molecule has 0 spiro atoms. The number of aromatic nitrogens is 2. The highest BCUT2D eigenvalue weighted by atomic mass is 16.4. The van der Waals surface area contributed by atoms with E-state index in [0.29, 0.717) is 31.5 Å². The Bertz CT molecular complexity index is 781. The van der Waals surface area contributed by atoms with E-state index in [1.807, 2.05) is 13.8 Å². The van der Waals surface area contributed by atoms with Crippen molar-refractivity contribution in [3.05, 3.63) is 18.2 Å². The molecular weight excluding hydrogens is 404 g/mol. The molecule has 2 rings (SSSR count). The number of nitrogens with one attached hydrogen (secondary N) is 3. The number of nitrogens with two attached hydrogens (primary N) is 1. The van der Waals surface area contributed by atoms with Crippen molar-refractivity contribution in [2.75, 3.05) is 6.54 Å². The van der Waals surface area contributed by atoms with Crippen LogP contribution >= 0.6 is 0 Å². The number of H-pyrrole nitrogens is 1. The minimum atomic E-state index is -1.05. The third-order valence-electron chi connectivity index (χ3n) is 5.62. The quantitative estimate of drug-likeness (QED) is 0.326. The smallest absolute Gasteiger partial charge is 0.326 e. The molecule has 1 saturated heterocycles. The van der Waals surface area contributed by atoms with Gasteiger partial charge in [0.2, 0.25) is 17.7 Å². The molecule has 1 aromatic rings. The van der Waals surface area contributed by atoms with Crippen LogP contribution in [0.5, 0.6) is 0 Å². The van der Waals surface area contributed by atoms with Gasteiger partial charge in [0.05, 0.1) is 12.4 Å². The van der Waals surface area contributed by atoms with E-state index >= 15 is 0 Å². The highest BCUT2D eigenvalue weighted by molar-refractivity contribution is 5.94. The summed E-state index contributed by atoms with van der Waals surface area (Å²) in [6, 6.07) is -3.60. The SMILES string of the molecule is CCC(C)C(NC(=O)C(Cc1cnc[nH]1)NC(=O)C(C)N)C(=O)N1CCCC1C(=O)O. The average Bonchev–Trinajstić information content (AvgIpc) is 3.41. The lowest BCUT2D eigenvalue weighted by Crippen LogP contribution is -2.59. The van der Waals surface area contributed by atoms with Gasteiger partial charge < -0.3 is 31.4 Å². The summed E-state index contributed by atoms with van der Waals surface area (Å²) >= 11 is 0. The summed E-state index contributed by atoms with van der Waals surface area (Å²) in [6.07, 6.45) is 4.71. The summed E-state index contributed by atoms with van der Waals surface area (Å²) in [5.41, 5.74) is 6.25. The molecule has 172 valence electrons. The molecular formula is C20H32N6O5. The molecule has 0 aliphatic carbocycles. The fourth-order valence-electron chi connectivity index (χ4n) is 3.53. The Morgan fingerprint density at radius 2 is 2.00 bits per heavy atom. The minimum Gasteiger partial charge on any atom is -0.480 e. The van der Waals surface area contributed by atoms with E-state index in [4.69, 9.17) is 5.73 Å². The van der Waals surface area contributed by atoms with Gasteiger partial charge in [-0.3, -0.25) is 14.4 Å². The molecule has 2 heterocycles. The van der Waals surface area contributed by atoms with Gasteiger partial charge in [0.1, 0.15) is 18.1 Å². The number of rotatable bonds is 10. The van der Waals surface area contributed by atoms with Gasteiger partial charge in [0, 0.05) is 24.9 Å². The second kappa shape index (κ2) is 10.9. The van der Waals surface area contributed by atoms with E-state index in [2.05, 4.69) is 20.6 Å². The number of carboxylic acids is 1. The van der Waals surface area contributed by atoms with Gasteiger partial charge in [-0.25, -0.2) is 9.78 Å². The maximum absolute atomic E-state index is 13.2. The molecule has 5 atom stereocenters. The van der Waals surface area contributed by atoms with E-state index < -0.39 is 47.9 Å². The molecule has 0 radical (unpaired) electrons. The standard InChI is InChI=1S/C20H32N6O5/c1-4-11(2)16(19(29)26-7-5-6-15(26)20(30)31)25-18(28)14(24-17(27)12(3)21)8-13-9-22-10-23-13/h9-12,14-16H,4-8,21H2,1-3H3,(H,22,23)(H,24,27)(H,25,28)(H,30,31). The predicted molar refractivity (Wildman–Crippen MR) is 112 cm³/mol. The molecule has 1 fully saturated rings. The van der Waals surface area contributed by atoms with E-state index in [9.17, 15) is 24.3 Å². The van der Waals surface area contributed by atoms with Crippen molar-refractivity contribution in [2.24, 2.45) is 11.7 Å². The molecule has 1 aliphatic heterocycles. The van der Waals surface area contributed by atoms with Crippen LogP contribution in [0.1, 0.15) is 45.7 Å². The number of nitrogens with zero attached hydrogens (tertiary/aromatic N) is 2. The third kappa shape index (κ3) is 6.27. The van der Waals surface area contributed by atoms with E-state index in [1.54, 1.807) is 0 Å². The van der Waals surface area contributed by atoms with Gasteiger partial charge >= 0.3 is 5.97 Å². The number of aliphatic carboxylic acids is 1. The van der Waals surface area contributed by atoms with Crippen LogP contribution in [0.15, 0.2) is 12.5 Å². The highest BCUT2D eigenvalue weighted by Gasteiger charge is 2.39. The molecule has 31 heavy (non-hydrogen) atoms. The van der Waals surface area contributed by atoms with Crippen molar-refractivity contribution >= 4 is 23.7 Å². The molecule has 11 nitrogen and oxygen atoms in total. The zero-order chi connectivity index (χ0) is 23.1. The molecule has 0 saturated carbocycles. The van der Waals surface area contributed by atoms with Crippen LogP contribution in [-0.4, -0.2) is 74.4 Å². The van der Waals surface area contributed by atoms with Crippen LogP contribution in [0.3, 0.4) is 0 Å². The molecule has 3 amide bonds. The number of hydrogen-bond acceptors (Lipinski definition) is 6. The Kier molecular flexibility index (Phi) is 8.55. The molecule has 5 unspecified atom stereocenters. The number of carbonyl (C=O) groups is 4. The molecule has 6 N–H and O–H groups in total. The lowest BCUT2D eigenvalue weighted by atomic mass is 9.96. The number of aromatic amines is 1. The fraction of sp³-hybridized carbons (Fsp3) is 0.650. The Balaban J connectivity index is 2.21. The van der Waals surface area contributed by atoms with Crippen LogP contribution in [0.2, 0.25) is 0 Å². The summed E-state index contributed by atoms with van der Waals surface area (Å²) in [5.74, 6) is -2.76. The van der Waals surface area contributed by atoms with Gasteiger partial charge in [-0.2, -0.15) is 0 Å². The van der Waals surface area contributed by atoms with E-state index in [0.717, 1.165) is 0 Å². The van der Waals surface area contributed by atoms with Gasteiger partial charge in [-0.1, -0.05) is 20.3 Å². The zero-order valence-corrected chi connectivity index (χ0v) is 18.1. The maximum Gasteiger partial charge on any atom is 0.326 e. The molecule has 1 aromatic heterocycles. The number of carbonyl (C=O) groups excluding carboxylic acids is 3. The second-order valence-electron chi connectivity index (χ2n) is 8.03. The number of imidazole rings is 1. The minimum absolute atomic E-state index is 0.132. The van der Waals surface area contributed by atoms with Crippen LogP contribution in [0.4, 0.5) is 0 Å². The Morgan fingerprint density at radius 1 is 1.29 bits per heavy atom.